The summed E-state index contributed by atoms with van der Waals surface area (Å²) < 4.78 is 0.733. The maximum absolute atomic E-state index is 12.2. The van der Waals surface area contributed by atoms with E-state index in [0.29, 0.717) is 13.1 Å². The molecule has 0 aliphatic rings. The van der Waals surface area contributed by atoms with Gasteiger partial charge in [0, 0.05) is 31.7 Å². The monoisotopic (exact) mass is 347 g/mol. The van der Waals surface area contributed by atoms with E-state index in [9.17, 15) is 4.79 Å². The number of aromatic nitrogens is 2. The van der Waals surface area contributed by atoms with Crippen molar-refractivity contribution in [2.24, 2.45) is 0 Å². The van der Waals surface area contributed by atoms with Gasteiger partial charge >= 0.3 is 0 Å². The van der Waals surface area contributed by atoms with Crippen molar-refractivity contribution in [2.75, 3.05) is 18.4 Å². The fraction of sp³-hybridized carbons (Fsp3) is 0.143. The molecule has 1 amide bonds. The number of hydrogen-bond donors (Lipinski definition) is 1. The first-order chi connectivity index (χ1) is 10.1. The highest BCUT2D eigenvalue weighted by Crippen LogP contribution is 2.08. The second-order valence-corrected chi connectivity index (χ2v) is 4.74. The Kier molecular flexibility index (Phi) is 6.84. The molecule has 0 saturated heterocycles. The molecule has 0 aliphatic heterocycles. The average Bonchev–Trinajstić information content (AvgIpc) is 2.49. The number of amides is 1. The Morgan fingerprint density at radius 3 is 2.43 bits per heavy atom. The maximum atomic E-state index is 12.2. The lowest BCUT2D eigenvalue weighted by Crippen LogP contribution is -2.32. The molecule has 7 heteroatoms. The van der Waals surface area contributed by atoms with Gasteiger partial charge in [0.25, 0.3) is 5.91 Å². The van der Waals surface area contributed by atoms with Gasteiger partial charge in [-0.15, -0.1) is 13.2 Å². The van der Waals surface area contributed by atoms with E-state index in [2.05, 4.69) is 44.4 Å². The van der Waals surface area contributed by atoms with Crippen LogP contribution in [0.3, 0.4) is 0 Å². The summed E-state index contributed by atoms with van der Waals surface area (Å²) in [5.41, 5.74) is -0.0507. The first-order valence-corrected chi connectivity index (χ1v) is 6.77. The van der Waals surface area contributed by atoms with Crippen LogP contribution in [0.25, 0.3) is 0 Å². The minimum atomic E-state index is -0.415. The topological polar surface area (TPSA) is 81.9 Å². The minimum absolute atomic E-state index is 0.0507. The lowest BCUT2D eigenvalue weighted by atomic mass is 10.2. The molecule has 1 aromatic heterocycles. The Balaban J connectivity index is 2.84. The number of nitrogens with one attached hydrogen (secondary N) is 1. The third-order valence-electron chi connectivity index (χ3n) is 2.30. The van der Waals surface area contributed by atoms with Crippen LogP contribution in [0, 0.1) is 11.3 Å². The summed E-state index contributed by atoms with van der Waals surface area (Å²) >= 11 is 3.22. The van der Waals surface area contributed by atoms with Crippen LogP contribution in [0.2, 0.25) is 0 Å². The van der Waals surface area contributed by atoms with Crippen molar-refractivity contribution in [3.05, 3.63) is 53.9 Å². The Hall–Kier alpha value is -2.46. The minimum Gasteiger partial charge on any atom is -0.331 e. The molecule has 1 aromatic rings. The number of carbonyl (C=O) groups is 1. The summed E-state index contributed by atoms with van der Waals surface area (Å²) in [7, 11) is 0. The smallest absolute Gasteiger partial charge is 0.266 e. The molecule has 0 atom stereocenters. The van der Waals surface area contributed by atoms with Crippen molar-refractivity contribution in [3.8, 4) is 6.07 Å². The lowest BCUT2D eigenvalue weighted by molar-refractivity contribution is -0.125. The molecule has 0 aromatic carbocycles. The van der Waals surface area contributed by atoms with Crippen molar-refractivity contribution in [2.45, 2.75) is 0 Å². The largest absolute Gasteiger partial charge is 0.331 e. The third-order valence-corrected chi connectivity index (χ3v) is 2.71. The Labute approximate surface area is 131 Å². The number of halogens is 1. The SMILES string of the molecule is C=CCN(CC=C)C(=O)/C(C#N)=C\Nc1ncc(Br)cn1. The van der Waals surface area contributed by atoms with E-state index in [0.717, 1.165) is 4.47 Å². The summed E-state index contributed by atoms with van der Waals surface area (Å²) in [4.78, 5) is 21.6. The van der Waals surface area contributed by atoms with Crippen molar-refractivity contribution in [3.63, 3.8) is 0 Å². The number of hydrogen-bond acceptors (Lipinski definition) is 5. The molecule has 0 radical (unpaired) electrons. The van der Waals surface area contributed by atoms with Gasteiger partial charge in [-0.3, -0.25) is 4.79 Å². The molecule has 1 heterocycles. The van der Waals surface area contributed by atoms with Gasteiger partial charge in [0.15, 0.2) is 0 Å². The molecule has 0 fully saturated rings. The van der Waals surface area contributed by atoms with E-state index in [1.165, 1.54) is 11.1 Å². The number of nitrogens with zero attached hydrogens (tertiary/aromatic N) is 4. The van der Waals surface area contributed by atoms with Crippen LogP contribution in [0.5, 0.6) is 0 Å². The van der Waals surface area contributed by atoms with Crippen LogP contribution in [-0.4, -0.2) is 33.9 Å². The summed E-state index contributed by atoms with van der Waals surface area (Å²) in [5, 5.41) is 11.8. The second kappa shape index (κ2) is 8.66. The van der Waals surface area contributed by atoms with Crippen molar-refractivity contribution >= 4 is 27.8 Å². The summed E-state index contributed by atoms with van der Waals surface area (Å²) in [6.45, 7) is 7.83. The van der Waals surface area contributed by atoms with Crippen LogP contribution in [0.15, 0.2) is 53.9 Å². The van der Waals surface area contributed by atoms with Crippen LogP contribution in [0.4, 0.5) is 5.95 Å². The molecule has 0 unspecified atom stereocenters. The van der Waals surface area contributed by atoms with E-state index < -0.39 is 5.91 Å². The quantitative estimate of drug-likeness (QED) is 0.464. The van der Waals surface area contributed by atoms with Crippen LogP contribution < -0.4 is 5.32 Å². The fourth-order valence-electron chi connectivity index (χ4n) is 1.39. The van der Waals surface area contributed by atoms with Gasteiger partial charge < -0.3 is 10.2 Å². The molecule has 108 valence electrons. The Morgan fingerprint density at radius 2 is 1.95 bits per heavy atom. The molecular weight excluding hydrogens is 334 g/mol. The molecule has 0 spiro atoms. The average molecular weight is 348 g/mol. The predicted molar refractivity (Wildman–Crippen MR) is 84.0 cm³/mol. The van der Waals surface area contributed by atoms with E-state index in [1.807, 2.05) is 6.07 Å². The van der Waals surface area contributed by atoms with Gasteiger partial charge in [-0.25, -0.2) is 9.97 Å². The molecule has 0 aliphatic carbocycles. The van der Waals surface area contributed by atoms with Gasteiger partial charge in [0.2, 0.25) is 5.95 Å². The van der Waals surface area contributed by atoms with E-state index >= 15 is 0 Å². The van der Waals surface area contributed by atoms with E-state index in [4.69, 9.17) is 5.26 Å². The highest BCUT2D eigenvalue weighted by atomic mass is 79.9. The zero-order valence-electron chi connectivity index (χ0n) is 11.3. The zero-order chi connectivity index (χ0) is 15.7. The number of carbonyl (C=O) groups excluding carboxylic acids is 1. The van der Waals surface area contributed by atoms with Crippen LogP contribution >= 0.6 is 15.9 Å². The summed E-state index contributed by atoms with van der Waals surface area (Å²) in [6.07, 6.45) is 7.56. The standard InChI is InChI=1S/C14H14BrN5O/c1-3-5-20(6-4-2)13(21)11(7-16)8-17-14-18-9-12(15)10-19-14/h3-4,8-10H,1-2,5-6H2,(H,17,18,19)/b11-8-. The molecular formula is C14H14BrN5O. The lowest BCUT2D eigenvalue weighted by Gasteiger charge is -2.18. The summed E-state index contributed by atoms with van der Waals surface area (Å²) in [5.74, 6) is -0.125. The molecule has 1 N–H and O–H groups in total. The highest BCUT2D eigenvalue weighted by Gasteiger charge is 2.16. The second-order valence-electron chi connectivity index (χ2n) is 3.83. The zero-order valence-corrected chi connectivity index (χ0v) is 12.9. The van der Waals surface area contributed by atoms with Crippen molar-refractivity contribution < 1.29 is 4.79 Å². The molecule has 21 heavy (non-hydrogen) atoms. The highest BCUT2D eigenvalue weighted by molar-refractivity contribution is 9.10. The van der Waals surface area contributed by atoms with Crippen LogP contribution in [0.1, 0.15) is 0 Å². The molecule has 6 nitrogen and oxygen atoms in total. The number of rotatable bonds is 7. The normalized spacial score (nSPS) is 10.4. The summed E-state index contributed by atoms with van der Waals surface area (Å²) in [6, 6.07) is 1.85. The van der Waals surface area contributed by atoms with Gasteiger partial charge in [0.05, 0.1) is 4.47 Å². The Morgan fingerprint density at radius 1 is 1.38 bits per heavy atom. The fourth-order valence-corrected chi connectivity index (χ4v) is 1.59. The number of anilines is 1. The molecule has 0 saturated carbocycles. The molecule has 0 bridgehead atoms. The first kappa shape index (κ1) is 16.6. The van der Waals surface area contributed by atoms with Gasteiger partial charge in [-0.1, -0.05) is 12.2 Å². The maximum Gasteiger partial charge on any atom is 0.266 e. The number of nitriles is 1. The van der Waals surface area contributed by atoms with Crippen LogP contribution in [-0.2, 0) is 4.79 Å². The first-order valence-electron chi connectivity index (χ1n) is 5.97. The van der Waals surface area contributed by atoms with Gasteiger partial charge in [0.1, 0.15) is 11.6 Å². The van der Waals surface area contributed by atoms with E-state index in [-0.39, 0.29) is 11.5 Å². The van der Waals surface area contributed by atoms with Crippen molar-refractivity contribution in [1.29, 1.82) is 5.26 Å². The van der Waals surface area contributed by atoms with Crippen molar-refractivity contribution in [1.82, 2.24) is 14.9 Å². The van der Waals surface area contributed by atoms with Gasteiger partial charge in [-0.05, 0) is 15.9 Å². The molecule has 1 rings (SSSR count). The Bertz CT molecular complexity index is 578. The third kappa shape index (κ3) is 5.20. The van der Waals surface area contributed by atoms with E-state index in [1.54, 1.807) is 24.5 Å². The predicted octanol–water partition coefficient (Wildman–Crippen LogP) is 2.26. The van der Waals surface area contributed by atoms with Gasteiger partial charge in [-0.2, -0.15) is 5.26 Å².